The molecule has 2 nitrogen and oxygen atoms in total. The Morgan fingerprint density at radius 3 is 2.62 bits per heavy atom. The number of nitrogens with zero attached hydrogens (tertiary/aromatic N) is 1. The maximum absolute atomic E-state index is 13.0. The van der Waals surface area contributed by atoms with Crippen molar-refractivity contribution in [3.05, 3.63) is 35.1 Å². The average Bonchev–Trinajstić information content (AvgIpc) is 2.40. The Labute approximate surface area is 127 Å². The van der Waals surface area contributed by atoms with Gasteiger partial charge in [0.2, 0.25) is 0 Å². The normalized spacial score (nSPS) is 20.1. The fraction of sp³-hybridized carbons (Fsp3) is 0.571. The van der Waals surface area contributed by atoms with Gasteiger partial charge in [-0.15, -0.1) is 12.4 Å². The second-order valence-corrected chi connectivity index (χ2v) is 5.28. The average molecular weight is 327 g/mol. The third kappa shape index (κ3) is 4.83. The highest BCUT2D eigenvalue weighted by Crippen LogP contribution is 2.33. The summed E-state index contributed by atoms with van der Waals surface area (Å²) in [6.07, 6.45) is -2.58. The van der Waals surface area contributed by atoms with Crippen LogP contribution in [0.1, 0.15) is 24.0 Å². The van der Waals surface area contributed by atoms with Crippen molar-refractivity contribution in [1.29, 1.82) is 0 Å². The van der Waals surface area contributed by atoms with Gasteiger partial charge in [0.15, 0.2) is 0 Å². The molecule has 1 aromatic rings. The van der Waals surface area contributed by atoms with Crippen LogP contribution in [0.4, 0.5) is 17.6 Å². The van der Waals surface area contributed by atoms with E-state index in [9.17, 15) is 17.6 Å². The number of hydrogen-bond donors (Lipinski definition) is 1. The summed E-state index contributed by atoms with van der Waals surface area (Å²) in [4.78, 5) is 1.96. The minimum absolute atomic E-state index is 0. The number of nitrogens with two attached hydrogens (primary N) is 1. The maximum atomic E-state index is 13.0. The van der Waals surface area contributed by atoms with E-state index in [1.54, 1.807) is 0 Å². The summed E-state index contributed by atoms with van der Waals surface area (Å²) in [5.74, 6) is -0.530. The summed E-state index contributed by atoms with van der Waals surface area (Å²) in [7, 11) is 0. The van der Waals surface area contributed by atoms with Gasteiger partial charge in [-0.2, -0.15) is 13.2 Å². The van der Waals surface area contributed by atoms with Gasteiger partial charge in [0.05, 0.1) is 5.56 Å². The van der Waals surface area contributed by atoms with Gasteiger partial charge in [0.25, 0.3) is 0 Å². The van der Waals surface area contributed by atoms with E-state index in [1.165, 1.54) is 6.07 Å². The lowest BCUT2D eigenvalue weighted by Crippen LogP contribution is -2.38. The first kappa shape index (κ1) is 18.2. The monoisotopic (exact) mass is 326 g/mol. The summed E-state index contributed by atoms with van der Waals surface area (Å²) >= 11 is 0. The lowest BCUT2D eigenvalue weighted by atomic mass is 9.97. The van der Waals surface area contributed by atoms with E-state index in [2.05, 4.69) is 0 Å². The molecule has 120 valence electrons. The predicted molar refractivity (Wildman–Crippen MR) is 75.7 cm³/mol. The Morgan fingerprint density at radius 1 is 1.29 bits per heavy atom. The molecule has 0 aromatic heterocycles. The lowest BCUT2D eigenvalue weighted by molar-refractivity contribution is -0.138. The van der Waals surface area contributed by atoms with Crippen LogP contribution in [-0.2, 0) is 12.7 Å². The first-order valence-electron chi connectivity index (χ1n) is 6.68. The third-order valence-corrected chi connectivity index (χ3v) is 3.71. The molecule has 7 heteroatoms. The molecule has 1 saturated heterocycles. The van der Waals surface area contributed by atoms with Crippen LogP contribution in [0.5, 0.6) is 0 Å². The van der Waals surface area contributed by atoms with Gasteiger partial charge < -0.3 is 5.73 Å². The Balaban J connectivity index is 0.00000220. The van der Waals surface area contributed by atoms with Gasteiger partial charge in [-0.1, -0.05) is 6.07 Å². The van der Waals surface area contributed by atoms with E-state index in [4.69, 9.17) is 5.73 Å². The summed E-state index contributed by atoms with van der Waals surface area (Å²) < 4.78 is 51.8. The third-order valence-electron chi connectivity index (χ3n) is 3.71. The first-order chi connectivity index (χ1) is 9.40. The number of rotatable bonds is 3. The topological polar surface area (TPSA) is 29.3 Å². The lowest BCUT2D eigenvalue weighted by Gasteiger charge is -2.32. The van der Waals surface area contributed by atoms with Crippen LogP contribution in [0.2, 0.25) is 0 Å². The largest absolute Gasteiger partial charge is 0.416 e. The molecule has 0 aliphatic carbocycles. The number of hydrogen-bond acceptors (Lipinski definition) is 2. The van der Waals surface area contributed by atoms with Gasteiger partial charge in [0, 0.05) is 13.1 Å². The molecule has 1 fully saturated rings. The molecule has 1 atom stereocenters. The van der Waals surface area contributed by atoms with Crippen molar-refractivity contribution >= 4 is 12.4 Å². The van der Waals surface area contributed by atoms with Crippen molar-refractivity contribution in [2.45, 2.75) is 25.6 Å². The van der Waals surface area contributed by atoms with E-state index >= 15 is 0 Å². The molecule has 1 aliphatic heterocycles. The van der Waals surface area contributed by atoms with E-state index in [1.807, 2.05) is 4.90 Å². The molecule has 2 rings (SSSR count). The Bertz CT molecular complexity index is 465. The fourth-order valence-corrected chi connectivity index (χ4v) is 2.68. The van der Waals surface area contributed by atoms with Crippen molar-refractivity contribution < 1.29 is 17.6 Å². The second kappa shape index (κ2) is 7.42. The summed E-state index contributed by atoms with van der Waals surface area (Å²) in [6.45, 7) is 2.19. The van der Waals surface area contributed by atoms with Gasteiger partial charge in [0.1, 0.15) is 5.82 Å². The summed E-state index contributed by atoms with van der Waals surface area (Å²) in [5.41, 5.74) is 4.86. The molecule has 2 N–H and O–H groups in total. The van der Waals surface area contributed by atoms with E-state index < -0.39 is 17.6 Å². The van der Waals surface area contributed by atoms with E-state index in [0.717, 1.165) is 25.5 Å². The van der Waals surface area contributed by atoms with Crippen molar-refractivity contribution in [1.82, 2.24) is 4.90 Å². The van der Waals surface area contributed by atoms with Crippen LogP contribution in [0, 0.1) is 11.7 Å². The molecular formula is C14H19ClF4N2. The Hall–Kier alpha value is -0.850. The van der Waals surface area contributed by atoms with Crippen LogP contribution in [-0.4, -0.2) is 24.5 Å². The Kier molecular flexibility index (Phi) is 6.43. The van der Waals surface area contributed by atoms with Crippen LogP contribution < -0.4 is 5.73 Å². The van der Waals surface area contributed by atoms with E-state index in [0.29, 0.717) is 25.1 Å². The standard InChI is InChI=1S/C14H18F4N2.ClH/c15-12-4-3-11(13(6-12)14(16,17)18)9-20-5-1-2-10(7-19)8-20;/h3-4,6,10H,1-2,5,7-9,19H2;1H. The minimum Gasteiger partial charge on any atom is -0.330 e. The molecule has 1 aromatic carbocycles. The quantitative estimate of drug-likeness (QED) is 0.862. The van der Waals surface area contributed by atoms with Crippen molar-refractivity contribution in [3.63, 3.8) is 0 Å². The molecule has 0 saturated carbocycles. The molecule has 0 spiro atoms. The number of piperidine rings is 1. The highest BCUT2D eigenvalue weighted by molar-refractivity contribution is 5.85. The van der Waals surface area contributed by atoms with Gasteiger partial charge >= 0.3 is 6.18 Å². The van der Waals surface area contributed by atoms with Gasteiger partial charge in [-0.05, 0) is 49.5 Å². The molecule has 1 aliphatic rings. The molecule has 0 bridgehead atoms. The molecule has 1 unspecified atom stereocenters. The highest BCUT2D eigenvalue weighted by atomic mass is 35.5. The van der Waals surface area contributed by atoms with Crippen molar-refractivity contribution in [3.8, 4) is 0 Å². The molecule has 21 heavy (non-hydrogen) atoms. The number of halogens is 5. The number of likely N-dealkylation sites (tertiary alicyclic amines) is 1. The first-order valence-corrected chi connectivity index (χ1v) is 6.68. The molecule has 0 amide bonds. The zero-order valence-electron chi connectivity index (χ0n) is 11.5. The van der Waals surface area contributed by atoms with Crippen LogP contribution in [0.3, 0.4) is 0 Å². The molecule has 0 radical (unpaired) electrons. The van der Waals surface area contributed by atoms with Gasteiger partial charge in [-0.25, -0.2) is 4.39 Å². The Morgan fingerprint density at radius 2 is 2.00 bits per heavy atom. The predicted octanol–water partition coefficient (Wildman–Crippen LogP) is 3.44. The highest BCUT2D eigenvalue weighted by Gasteiger charge is 2.34. The maximum Gasteiger partial charge on any atom is 0.416 e. The van der Waals surface area contributed by atoms with Crippen LogP contribution in [0.25, 0.3) is 0 Å². The fourth-order valence-electron chi connectivity index (χ4n) is 2.68. The van der Waals surface area contributed by atoms with Crippen LogP contribution >= 0.6 is 12.4 Å². The van der Waals surface area contributed by atoms with E-state index in [-0.39, 0.29) is 24.5 Å². The zero-order chi connectivity index (χ0) is 14.8. The summed E-state index contributed by atoms with van der Waals surface area (Å²) in [6, 6.07) is 2.87. The van der Waals surface area contributed by atoms with Gasteiger partial charge in [-0.3, -0.25) is 4.90 Å². The molecule has 1 heterocycles. The molecular weight excluding hydrogens is 308 g/mol. The van der Waals surface area contributed by atoms with Crippen LogP contribution in [0.15, 0.2) is 18.2 Å². The number of alkyl halides is 3. The second-order valence-electron chi connectivity index (χ2n) is 5.28. The smallest absolute Gasteiger partial charge is 0.330 e. The van der Waals surface area contributed by atoms with Crippen molar-refractivity contribution in [2.75, 3.05) is 19.6 Å². The minimum atomic E-state index is -4.53. The van der Waals surface area contributed by atoms with Crippen molar-refractivity contribution in [2.24, 2.45) is 11.7 Å². The SMILES string of the molecule is Cl.NCC1CCCN(Cc2ccc(F)cc2C(F)(F)F)C1. The zero-order valence-corrected chi connectivity index (χ0v) is 12.3. The number of benzene rings is 1. The summed E-state index contributed by atoms with van der Waals surface area (Å²) in [5, 5.41) is 0.